The first-order valence-electron chi connectivity index (χ1n) is 25.6. The number of esters is 3. The molecule has 0 saturated carbocycles. The molecule has 64 heavy (non-hydrogen) atoms. The highest BCUT2D eigenvalue weighted by molar-refractivity contribution is 5.71. The predicted octanol–water partition coefficient (Wildman–Crippen LogP) is 16.9. The van der Waals surface area contributed by atoms with Crippen LogP contribution in [0.2, 0.25) is 0 Å². The van der Waals surface area contributed by atoms with Crippen molar-refractivity contribution >= 4 is 17.9 Å². The number of allylic oxidation sites excluding steroid dienone is 20. The molecule has 0 rings (SSSR count). The van der Waals surface area contributed by atoms with Crippen LogP contribution < -0.4 is 0 Å². The van der Waals surface area contributed by atoms with Crippen molar-refractivity contribution in [3.8, 4) is 0 Å². The van der Waals surface area contributed by atoms with E-state index in [-0.39, 0.29) is 38.0 Å². The first kappa shape index (κ1) is 59.8. The van der Waals surface area contributed by atoms with Crippen LogP contribution in [-0.2, 0) is 28.6 Å². The third-order valence-corrected chi connectivity index (χ3v) is 10.2. The van der Waals surface area contributed by atoms with Crippen molar-refractivity contribution in [2.45, 2.75) is 213 Å². The summed E-state index contributed by atoms with van der Waals surface area (Å²) in [6, 6.07) is 0. The van der Waals surface area contributed by atoms with Crippen LogP contribution in [0.4, 0.5) is 0 Å². The molecule has 6 nitrogen and oxygen atoms in total. The minimum Gasteiger partial charge on any atom is -0.462 e. The van der Waals surface area contributed by atoms with E-state index in [9.17, 15) is 14.4 Å². The second-order valence-corrected chi connectivity index (χ2v) is 16.3. The van der Waals surface area contributed by atoms with Crippen LogP contribution in [-0.4, -0.2) is 37.2 Å². The summed E-state index contributed by atoms with van der Waals surface area (Å²) in [5, 5.41) is 0. The second-order valence-electron chi connectivity index (χ2n) is 16.3. The molecule has 0 aromatic rings. The fourth-order valence-corrected chi connectivity index (χ4v) is 6.44. The summed E-state index contributed by atoms with van der Waals surface area (Å²) in [5.74, 6) is -1.08. The third-order valence-electron chi connectivity index (χ3n) is 10.2. The van der Waals surface area contributed by atoms with Gasteiger partial charge in [0.15, 0.2) is 6.10 Å². The lowest BCUT2D eigenvalue weighted by atomic mass is 10.1. The van der Waals surface area contributed by atoms with Crippen LogP contribution in [0.5, 0.6) is 0 Å². The van der Waals surface area contributed by atoms with Crippen LogP contribution >= 0.6 is 0 Å². The molecule has 0 amide bonds. The topological polar surface area (TPSA) is 78.9 Å². The Morgan fingerprint density at radius 3 is 1.14 bits per heavy atom. The first-order chi connectivity index (χ1) is 31.5. The smallest absolute Gasteiger partial charge is 0.306 e. The quantitative estimate of drug-likeness (QED) is 0.0199. The van der Waals surface area contributed by atoms with Crippen LogP contribution in [0.25, 0.3) is 0 Å². The van der Waals surface area contributed by atoms with Crippen molar-refractivity contribution in [2.24, 2.45) is 0 Å². The predicted molar refractivity (Wildman–Crippen MR) is 274 cm³/mol. The Bertz CT molecular complexity index is 1390. The highest BCUT2D eigenvalue weighted by Crippen LogP contribution is 2.12. The maximum atomic E-state index is 12.8. The molecule has 0 aliphatic heterocycles. The van der Waals surface area contributed by atoms with Crippen molar-refractivity contribution in [3.63, 3.8) is 0 Å². The van der Waals surface area contributed by atoms with Gasteiger partial charge in [-0.25, -0.2) is 0 Å². The molecule has 0 aliphatic rings. The lowest BCUT2D eigenvalue weighted by Gasteiger charge is -2.18. The Balaban J connectivity index is 4.57. The van der Waals surface area contributed by atoms with Gasteiger partial charge in [0.25, 0.3) is 0 Å². The van der Waals surface area contributed by atoms with Gasteiger partial charge in [0.1, 0.15) is 13.2 Å². The molecule has 0 N–H and O–H groups in total. The monoisotopic (exact) mass is 885 g/mol. The van der Waals surface area contributed by atoms with Gasteiger partial charge in [0.05, 0.1) is 0 Å². The minimum atomic E-state index is -0.842. The van der Waals surface area contributed by atoms with Gasteiger partial charge in [-0.05, 0) is 109 Å². The number of hydrogen-bond donors (Lipinski definition) is 0. The fraction of sp³-hybridized carbons (Fsp3) is 0.603. The summed E-state index contributed by atoms with van der Waals surface area (Å²) < 4.78 is 16.7. The largest absolute Gasteiger partial charge is 0.462 e. The maximum Gasteiger partial charge on any atom is 0.306 e. The molecule has 0 bridgehead atoms. The summed E-state index contributed by atoms with van der Waals surface area (Å²) in [4.78, 5) is 37.9. The Hall–Kier alpha value is -4.19. The summed E-state index contributed by atoms with van der Waals surface area (Å²) in [6.45, 7) is 6.27. The van der Waals surface area contributed by atoms with Gasteiger partial charge in [-0.2, -0.15) is 0 Å². The average Bonchev–Trinajstić information content (AvgIpc) is 3.29. The van der Waals surface area contributed by atoms with E-state index in [1.807, 2.05) is 12.2 Å². The minimum absolute atomic E-state index is 0.131. The molecule has 0 radical (unpaired) electrons. The van der Waals surface area contributed by atoms with E-state index in [2.05, 4.69) is 130 Å². The molecule has 0 fully saturated rings. The van der Waals surface area contributed by atoms with Crippen molar-refractivity contribution in [2.75, 3.05) is 13.2 Å². The van der Waals surface area contributed by atoms with Gasteiger partial charge >= 0.3 is 17.9 Å². The van der Waals surface area contributed by atoms with E-state index < -0.39 is 12.1 Å². The second kappa shape index (κ2) is 51.4. The van der Waals surface area contributed by atoms with E-state index in [1.165, 1.54) is 51.4 Å². The number of carbonyl (C=O) groups excluding carboxylic acids is 3. The summed E-state index contributed by atoms with van der Waals surface area (Å²) in [7, 11) is 0. The van der Waals surface area contributed by atoms with Crippen LogP contribution in [0.3, 0.4) is 0 Å². The molecule has 0 spiro atoms. The standard InChI is InChI=1S/C58H92O6/c1-4-7-10-13-16-19-22-25-27-29-30-32-33-36-39-42-45-48-51-57(60)63-54-55(53-62-56(59)50-47-44-41-38-35-24-21-18-15-12-9-6-3)64-58(61)52-49-46-43-40-37-34-31-28-26-23-20-17-14-11-8-5-2/h8-9,11-12,17-18,20-21,26-30,32,34-35,37-38,43,46,55H,4-7,10,13-16,19,22-25,31,33,36,39-42,44-45,47-54H2,1-3H3/b11-8-,12-9-,20-17-,21-18-,28-26-,29-27-,32-30-,37-34-,38-35-,46-43-. The molecule has 1 unspecified atom stereocenters. The maximum absolute atomic E-state index is 12.8. The normalized spacial score (nSPS) is 13.1. The highest BCUT2D eigenvalue weighted by Gasteiger charge is 2.19. The van der Waals surface area contributed by atoms with E-state index in [4.69, 9.17) is 14.2 Å². The Labute approximate surface area is 392 Å². The molecule has 0 saturated heterocycles. The SMILES string of the molecule is CC/C=C\C/C=C\C/C=C\C/C=C\C/C=C\CCC(=O)OC(COC(=O)CCCC/C=C\C/C=C\C/C=C\CC)COC(=O)CCCCCCC/C=C\C=C/CCCCCCCCC. The van der Waals surface area contributed by atoms with Crippen LogP contribution in [0.1, 0.15) is 207 Å². The van der Waals surface area contributed by atoms with Crippen molar-refractivity contribution < 1.29 is 28.6 Å². The summed E-state index contributed by atoms with van der Waals surface area (Å²) in [6.07, 6.45) is 70.6. The molecular formula is C58H92O6. The van der Waals surface area contributed by atoms with Gasteiger partial charge in [0, 0.05) is 19.3 Å². The first-order valence-corrected chi connectivity index (χ1v) is 25.6. The molecule has 0 heterocycles. The fourth-order valence-electron chi connectivity index (χ4n) is 6.44. The van der Waals surface area contributed by atoms with Crippen molar-refractivity contribution in [1.82, 2.24) is 0 Å². The van der Waals surface area contributed by atoms with Crippen molar-refractivity contribution in [3.05, 3.63) is 122 Å². The molecule has 0 aliphatic carbocycles. The average molecular weight is 885 g/mol. The van der Waals surface area contributed by atoms with E-state index >= 15 is 0 Å². The van der Waals surface area contributed by atoms with Gasteiger partial charge in [-0.15, -0.1) is 0 Å². The van der Waals surface area contributed by atoms with Gasteiger partial charge in [-0.1, -0.05) is 200 Å². The van der Waals surface area contributed by atoms with E-state index in [0.29, 0.717) is 19.3 Å². The number of rotatable bonds is 44. The molecule has 360 valence electrons. The highest BCUT2D eigenvalue weighted by atomic mass is 16.6. The zero-order valence-electron chi connectivity index (χ0n) is 41.0. The third kappa shape index (κ3) is 48.8. The number of carbonyl (C=O) groups is 3. The van der Waals surface area contributed by atoms with Crippen molar-refractivity contribution in [1.29, 1.82) is 0 Å². The van der Waals surface area contributed by atoms with Gasteiger partial charge in [-0.3, -0.25) is 14.4 Å². The number of ether oxygens (including phenoxy) is 3. The molecular weight excluding hydrogens is 793 g/mol. The Morgan fingerprint density at radius 2 is 0.688 bits per heavy atom. The van der Waals surface area contributed by atoms with E-state index in [0.717, 1.165) is 103 Å². The number of unbranched alkanes of at least 4 members (excludes halogenated alkanes) is 14. The van der Waals surface area contributed by atoms with E-state index in [1.54, 1.807) is 0 Å². The van der Waals surface area contributed by atoms with Crippen LogP contribution in [0.15, 0.2) is 122 Å². The number of hydrogen-bond acceptors (Lipinski definition) is 6. The molecule has 1 atom stereocenters. The lowest BCUT2D eigenvalue weighted by molar-refractivity contribution is -0.166. The Kier molecular flexibility index (Phi) is 48.1. The molecule has 0 aromatic carbocycles. The zero-order valence-corrected chi connectivity index (χ0v) is 41.0. The van der Waals surface area contributed by atoms with Crippen LogP contribution in [0, 0.1) is 0 Å². The van der Waals surface area contributed by atoms with Gasteiger partial charge < -0.3 is 14.2 Å². The Morgan fingerprint density at radius 1 is 0.344 bits per heavy atom. The molecule has 0 aromatic heterocycles. The van der Waals surface area contributed by atoms with Gasteiger partial charge in [0.2, 0.25) is 0 Å². The lowest BCUT2D eigenvalue weighted by Crippen LogP contribution is -2.30. The zero-order chi connectivity index (χ0) is 46.5. The summed E-state index contributed by atoms with van der Waals surface area (Å²) >= 11 is 0. The molecule has 6 heteroatoms. The summed E-state index contributed by atoms with van der Waals surface area (Å²) in [5.41, 5.74) is 0.